The number of aliphatic hydroxyl groups is 1. The minimum atomic E-state index is -0.200. The maximum atomic E-state index is 9.19. The quantitative estimate of drug-likeness (QED) is 0.807. The van der Waals surface area contributed by atoms with Crippen LogP contribution in [0.2, 0.25) is 0 Å². The number of nitrogens with zero attached hydrogens (tertiary/aromatic N) is 1. The van der Waals surface area contributed by atoms with Crippen LogP contribution in [0.3, 0.4) is 0 Å². The highest BCUT2D eigenvalue weighted by molar-refractivity contribution is 5.61. The van der Waals surface area contributed by atoms with Gasteiger partial charge < -0.3 is 15.2 Å². The number of benzene rings is 1. The molecule has 2 rings (SSSR count). The minimum Gasteiger partial charge on any atom is -0.497 e. The molecule has 1 aliphatic rings. The van der Waals surface area contributed by atoms with E-state index in [4.69, 9.17) is 10.00 Å². The highest BCUT2D eigenvalue weighted by Crippen LogP contribution is 2.28. The molecule has 0 heterocycles. The predicted octanol–water partition coefficient (Wildman–Crippen LogP) is 1.50. The first-order valence-electron chi connectivity index (χ1n) is 5.25. The zero-order valence-electron chi connectivity index (χ0n) is 9.10. The molecule has 1 saturated carbocycles. The molecular formula is C12H14N2O2. The van der Waals surface area contributed by atoms with Crippen LogP contribution in [0.4, 0.5) is 5.69 Å². The van der Waals surface area contributed by atoms with Crippen LogP contribution in [0.1, 0.15) is 18.4 Å². The predicted molar refractivity (Wildman–Crippen MR) is 60.4 cm³/mol. The van der Waals surface area contributed by atoms with E-state index in [2.05, 4.69) is 11.4 Å². The van der Waals surface area contributed by atoms with Gasteiger partial charge in [0.2, 0.25) is 0 Å². The SMILES string of the molecule is COc1ccc(C#N)c(NC2CC(O)C2)c1. The van der Waals surface area contributed by atoms with E-state index in [9.17, 15) is 5.11 Å². The van der Waals surface area contributed by atoms with E-state index in [1.54, 1.807) is 19.2 Å². The van der Waals surface area contributed by atoms with Crippen molar-refractivity contribution in [3.63, 3.8) is 0 Å². The number of nitrogens with one attached hydrogen (secondary N) is 1. The molecular weight excluding hydrogens is 204 g/mol. The van der Waals surface area contributed by atoms with Crippen molar-refractivity contribution in [1.82, 2.24) is 0 Å². The lowest BCUT2D eigenvalue weighted by molar-refractivity contribution is 0.0836. The van der Waals surface area contributed by atoms with Gasteiger partial charge in [-0.3, -0.25) is 0 Å². The smallest absolute Gasteiger partial charge is 0.121 e. The van der Waals surface area contributed by atoms with Gasteiger partial charge in [0, 0.05) is 12.1 Å². The number of rotatable bonds is 3. The third-order valence-corrected chi connectivity index (χ3v) is 2.82. The number of hydrogen-bond donors (Lipinski definition) is 2. The fourth-order valence-corrected chi connectivity index (χ4v) is 1.79. The molecule has 84 valence electrons. The lowest BCUT2D eigenvalue weighted by Crippen LogP contribution is -2.39. The standard InChI is InChI=1S/C12H14N2O2/c1-16-11-3-2-8(7-13)12(6-11)14-9-4-10(15)5-9/h2-3,6,9-10,14-15H,4-5H2,1H3. The Morgan fingerprint density at radius 1 is 1.50 bits per heavy atom. The average molecular weight is 218 g/mol. The summed E-state index contributed by atoms with van der Waals surface area (Å²) >= 11 is 0. The van der Waals surface area contributed by atoms with Crippen molar-refractivity contribution in [3.8, 4) is 11.8 Å². The number of nitriles is 1. The Labute approximate surface area is 94.5 Å². The summed E-state index contributed by atoms with van der Waals surface area (Å²) in [5.74, 6) is 0.723. The second-order valence-corrected chi connectivity index (χ2v) is 3.99. The van der Waals surface area contributed by atoms with Crippen LogP contribution in [0.15, 0.2) is 18.2 Å². The first kappa shape index (κ1) is 10.8. The van der Waals surface area contributed by atoms with E-state index in [0.717, 1.165) is 24.3 Å². The summed E-state index contributed by atoms with van der Waals surface area (Å²) in [5.41, 5.74) is 1.38. The second-order valence-electron chi connectivity index (χ2n) is 3.99. The molecule has 0 saturated heterocycles. The van der Waals surface area contributed by atoms with E-state index < -0.39 is 0 Å². The molecule has 1 fully saturated rings. The first-order chi connectivity index (χ1) is 7.72. The Morgan fingerprint density at radius 3 is 2.81 bits per heavy atom. The molecule has 1 aliphatic carbocycles. The summed E-state index contributed by atoms with van der Waals surface area (Å²) in [5, 5.41) is 21.4. The van der Waals surface area contributed by atoms with Crippen molar-refractivity contribution in [2.45, 2.75) is 25.0 Å². The highest BCUT2D eigenvalue weighted by Gasteiger charge is 2.27. The number of ether oxygens (including phenoxy) is 1. The summed E-state index contributed by atoms with van der Waals surface area (Å²) in [6, 6.07) is 7.69. The molecule has 0 bridgehead atoms. The normalized spacial score (nSPS) is 23.1. The number of hydrogen-bond acceptors (Lipinski definition) is 4. The summed E-state index contributed by atoms with van der Waals surface area (Å²) in [6.07, 6.45) is 1.28. The van der Waals surface area contributed by atoms with Crippen molar-refractivity contribution in [3.05, 3.63) is 23.8 Å². The van der Waals surface area contributed by atoms with E-state index in [-0.39, 0.29) is 12.1 Å². The zero-order chi connectivity index (χ0) is 11.5. The topological polar surface area (TPSA) is 65.3 Å². The Morgan fingerprint density at radius 2 is 2.25 bits per heavy atom. The van der Waals surface area contributed by atoms with Gasteiger partial charge in [-0.15, -0.1) is 0 Å². The van der Waals surface area contributed by atoms with Crippen LogP contribution in [-0.2, 0) is 0 Å². The molecule has 0 spiro atoms. The third kappa shape index (κ3) is 2.10. The molecule has 0 aromatic heterocycles. The van der Waals surface area contributed by atoms with E-state index in [1.165, 1.54) is 0 Å². The summed E-state index contributed by atoms with van der Waals surface area (Å²) in [4.78, 5) is 0. The number of anilines is 1. The minimum absolute atomic E-state index is 0.200. The second kappa shape index (κ2) is 4.42. The van der Waals surface area contributed by atoms with Crippen LogP contribution in [0.5, 0.6) is 5.75 Å². The fraction of sp³-hybridized carbons (Fsp3) is 0.417. The van der Waals surface area contributed by atoms with Crippen LogP contribution >= 0.6 is 0 Å². The first-order valence-corrected chi connectivity index (χ1v) is 5.25. The number of methoxy groups -OCH3 is 1. The van der Waals surface area contributed by atoms with Gasteiger partial charge in [0.05, 0.1) is 24.5 Å². The largest absolute Gasteiger partial charge is 0.497 e. The summed E-state index contributed by atoms with van der Waals surface area (Å²) in [6.45, 7) is 0. The van der Waals surface area contributed by atoms with Gasteiger partial charge in [-0.25, -0.2) is 0 Å². The van der Waals surface area contributed by atoms with E-state index in [0.29, 0.717) is 5.56 Å². The Hall–Kier alpha value is -1.73. The van der Waals surface area contributed by atoms with Crippen molar-refractivity contribution in [2.75, 3.05) is 12.4 Å². The monoisotopic (exact) mass is 218 g/mol. The Bertz CT molecular complexity index is 420. The molecule has 4 nitrogen and oxygen atoms in total. The molecule has 0 aliphatic heterocycles. The summed E-state index contributed by atoms with van der Waals surface area (Å²) in [7, 11) is 1.60. The van der Waals surface area contributed by atoms with Crippen LogP contribution in [0.25, 0.3) is 0 Å². The van der Waals surface area contributed by atoms with Crippen LogP contribution < -0.4 is 10.1 Å². The Kier molecular flexibility index (Phi) is 2.97. The molecule has 0 atom stereocenters. The summed E-state index contributed by atoms with van der Waals surface area (Å²) < 4.78 is 5.11. The van der Waals surface area contributed by atoms with Gasteiger partial charge in [-0.05, 0) is 25.0 Å². The molecule has 1 aromatic rings. The molecule has 16 heavy (non-hydrogen) atoms. The van der Waals surface area contributed by atoms with Crippen molar-refractivity contribution in [1.29, 1.82) is 5.26 Å². The van der Waals surface area contributed by atoms with E-state index >= 15 is 0 Å². The van der Waals surface area contributed by atoms with Crippen molar-refractivity contribution in [2.24, 2.45) is 0 Å². The fourth-order valence-electron chi connectivity index (χ4n) is 1.79. The van der Waals surface area contributed by atoms with E-state index in [1.807, 2.05) is 6.07 Å². The third-order valence-electron chi connectivity index (χ3n) is 2.82. The Balaban J connectivity index is 2.14. The lowest BCUT2D eigenvalue weighted by atomic mass is 9.89. The molecule has 0 radical (unpaired) electrons. The van der Waals surface area contributed by atoms with Gasteiger partial charge in [-0.1, -0.05) is 0 Å². The van der Waals surface area contributed by atoms with Crippen molar-refractivity contribution >= 4 is 5.69 Å². The lowest BCUT2D eigenvalue weighted by Gasteiger charge is -2.33. The molecule has 0 unspecified atom stereocenters. The zero-order valence-corrected chi connectivity index (χ0v) is 9.10. The van der Waals surface area contributed by atoms with Gasteiger partial charge >= 0.3 is 0 Å². The molecule has 4 heteroatoms. The van der Waals surface area contributed by atoms with Gasteiger partial charge in [0.15, 0.2) is 0 Å². The maximum Gasteiger partial charge on any atom is 0.121 e. The van der Waals surface area contributed by atoms with Gasteiger partial charge in [-0.2, -0.15) is 5.26 Å². The number of aliphatic hydroxyl groups excluding tert-OH is 1. The van der Waals surface area contributed by atoms with Crippen LogP contribution in [0, 0.1) is 11.3 Å². The van der Waals surface area contributed by atoms with Gasteiger partial charge in [0.25, 0.3) is 0 Å². The molecule has 0 amide bonds. The maximum absolute atomic E-state index is 9.19. The van der Waals surface area contributed by atoms with Crippen LogP contribution in [-0.4, -0.2) is 24.4 Å². The average Bonchev–Trinajstić information content (AvgIpc) is 2.27. The van der Waals surface area contributed by atoms with Gasteiger partial charge in [0.1, 0.15) is 11.8 Å². The molecule has 1 aromatic carbocycles. The van der Waals surface area contributed by atoms with Crippen molar-refractivity contribution < 1.29 is 9.84 Å². The molecule has 2 N–H and O–H groups in total. The highest BCUT2D eigenvalue weighted by atomic mass is 16.5.